The third-order valence-corrected chi connectivity index (χ3v) is 5.98. The van der Waals surface area contributed by atoms with Gasteiger partial charge in [0.15, 0.2) is 0 Å². The van der Waals surface area contributed by atoms with Gasteiger partial charge in [0.2, 0.25) is 11.8 Å². The van der Waals surface area contributed by atoms with E-state index in [1.54, 1.807) is 9.80 Å². The van der Waals surface area contributed by atoms with Crippen LogP contribution in [-0.2, 0) is 19.1 Å². The van der Waals surface area contributed by atoms with Crippen molar-refractivity contribution in [3.05, 3.63) is 0 Å². The van der Waals surface area contributed by atoms with E-state index in [4.69, 9.17) is 4.74 Å². The van der Waals surface area contributed by atoms with Crippen LogP contribution < -0.4 is 0 Å². The number of ether oxygens (including phenoxy) is 1. The van der Waals surface area contributed by atoms with Gasteiger partial charge in [0.05, 0.1) is 12.0 Å². The fourth-order valence-corrected chi connectivity index (χ4v) is 4.56. The van der Waals surface area contributed by atoms with E-state index in [0.29, 0.717) is 45.6 Å². The summed E-state index contributed by atoms with van der Waals surface area (Å²) < 4.78 is 5.46. The van der Waals surface area contributed by atoms with Crippen molar-refractivity contribution in [2.45, 2.75) is 52.5 Å². The summed E-state index contributed by atoms with van der Waals surface area (Å²) in [6.45, 7) is 8.09. The SMILES string of the molecule is CC(C)(C)CC(=O)N1CCCC1C(=O)N1C[C@H]2COCC[C@@]2(C(=O)O)C1. The summed E-state index contributed by atoms with van der Waals surface area (Å²) in [7, 11) is 0. The average Bonchev–Trinajstić information content (AvgIpc) is 3.17. The van der Waals surface area contributed by atoms with E-state index in [2.05, 4.69) is 0 Å². The number of carbonyl (C=O) groups is 3. The number of likely N-dealkylation sites (tertiary alicyclic amines) is 2. The first-order chi connectivity index (χ1) is 12.1. The largest absolute Gasteiger partial charge is 0.481 e. The third kappa shape index (κ3) is 3.46. The Morgan fingerprint density at radius 3 is 2.62 bits per heavy atom. The zero-order valence-corrected chi connectivity index (χ0v) is 16.0. The van der Waals surface area contributed by atoms with E-state index in [1.165, 1.54) is 0 Å². The molecule has 146 valence electrons. The summed E-state index contributed by atoms with van der Waals surface area (Å²) in [6.07, 6.45) is 2.32. The smallest absolute Gasteiger partial charge is 0.311 e. The van der Waals surface area contributed by atoms with Crippen molar-refractivity contribution in [2.24, 2.45) is 16.7 Å². The first-order valence-corrected chi connectivity index (χ1v) is 9.53. The summed E-state index contributed by atoms with van der Waals surface area (Å²) >= 11 is 0. The lowest BCUT2D eigenvalue weighted by atomic mass is 9.74. The van der Waals surface area contributed by atoms with Crippen LogP contribution in [0.1, 0.15) is 46.5 Å². The van der Waals surface area contributed by atoms with Gasteiger partial charge in [0, 0.05) is 38.6 Å². The summed E-state index contributed by atoms with van der Waals surface area (Å²) in [4.78, 5) is 41.1. The Kier molecular flexibility index (Phi) is 5.03. The van der Waals surface area contributed by atoms with Crippen LogP contribution in [0.15, 0.2) is 0 Å². The molecule has 3 fully saturated rings. The normalized spacial score (nSPS) is 31.8. The molecule has 0 aromatic carbocycles. The molecule has 2 amide bonds. The van der Waals surface area contributed by atoms with E-state index in [9.17, 15) is 19.5 Å². The number of hydrogen-bond acceptors (Lipinski definition) is 4. The van der Waals surface area contributed by atoms with Crippen LogP contribution in [-0.4, -0.2) is 71.6 Å². The van der Waals surface area contributed by atoms with Crippen molar-refractivity contribution >= 4 is 17.8 Å². The molecule has 1 unspecified atom stereocenters. The highest BCUT2D eigenvalue weighted by Gasteiger charge is 2.56. The minimum Gasteiger partial charge on any atom is -0.481 e. The molecular weight excluding hydrogens is 336 g/mol. The van der Waals surface area contributed by atoms with Gasteiger partial charge < -0.3 is 19.6 Å². The molecule has 0 aromatic rings. The van der Waals surface area contributed by atoms with E-state index in [0.717, 1.165) is 6.42 Å². The van der Waals surface area contributed by atoms with Gasteiger partial charge in [-0.05, 0) is 24.7 Å². The molecular formula is C19H30N2O5. The van der Waals surface area contributed by atoms with Crippen molar-refractivity contribution in [1.29, 1.82) is 0 Å². The van der Waals surface area contributed by atoms with Gasteiger partial charge in [-0.25, -0.2) is 0 Å². The molecule has 0 spiro atoms. The molecule has 3 aliphatic rings. The van der Waals surface area contributed by atoms with E-state index in [-0.39, 0.29) is 29.7 Å². The van der Waals surface area contributed by atoms with Gasteiger partial charge >= 0.3 is 5.97 Å². The molecule has 1 N–H and O–H groups in total. The molecule has 0 bridgehead atoms. The highest BCUT2D eigenvalue weighted by molar-refractivity contribution is 5.89. The second-order valence-corrected chi connectivity index (χ2v) is 9.18. The van der Waals surface area contributed by atoms with Crippen LogP contribution in [0, 0.1) is 16.7 Å². The number of rotatable bonds is 3. The second-order valence-electron chi connectivity index (χ2n) is 9.18. The highest BCUT2D eigenvalue weighted by atomic mass is 16.5. The number of carboxylic acid groups (broad SMARTS) is 1. The molecule has 0 aromatic heterocycles. The molecule has 3 aliphatic heterocycles. The number of hydrogen-bond donors (Lipinski definition) is 1. The van der Waals surface area contributed by atoms with Crippen LogP contribution in [0.2, 0.25) is 0 Å². The van der Waals surface area contributed by atoms with Gasteiger partial charge in [0.1, 0.15) is 6.04 Å². The summed E-state index contributed by atoms with van der Waals surface area (Å²) in [5, 5.41) is 9.77. The number of carbonyl (C=O) groups excluding carboxylic acids is 2. The fraction of sp³-hybridized carbons (Fsp3) is 0.842. The van der Waals surface area contributed by atoms with Crippen molar-refractivity contribution in [1.82, 2.24) is 9.80 Å². The highest BCUT2D eigenvalue weighted by Crippen LogP contribution is 2.43. The van der Waals surface area contributed by atoms with Gasteiger partial charge in [-0.1, -0.05) is 20.8 Å². The van der Waals surface area contributed by atoms with Crippen LogP contribution in [0.3, 0.4) is 0 Å². The number of nitrogens with zero attached hydrogens (tertiary/aromatic N) is 2. The van der Waals surface area contributed by atoms with E-state index < -0.39 is 17.4 Å². The molecule has 7 nitrogen and oxygen atoms in total. The Hall–Kier alpha value is -1.63. The molecule has 0 saturated carbocycles. The molecule has 0 aliphatic carbocycles. The molecule has 3 rings (SSSR count). The number of fused-ring (bicyclic) bond motifs is 1. The zero-order valence-electron chi connectivity index (χ0n) is 16.0. The average molecular weight is 366 g/mol. The van der Waals surface area contributed by atoms with Crippen LogP contribution in [0.4, 0.5) is 0 Å². The lowest BCUT2D eigenvalue weighted by molar-refractivity contribution is -0.157. The van der Waals surface area contributed by atoms with Crippen LogP contribution >= 0.6 is 0 Å². The number of amides is 2. The zero-order chi connectivity index (χ0) is 19.1. The monoisotopic (exact) mass is 366 g/mol. The lowest BCUT2D eigenvalue weighted by Gasteiger charge is -2.34. The van der Waals surface area contributed by atoms with E-state index >= 15 is 0 Å². The van der Waals surface area contributed by atoms with Crippen molar-refractivity contribution in [3.63, 3.8) is 0 Å². The number of aliphatic carboxylic acids is 1. The maximum atomic E-state index is 13.1. The number of carboxylic acids is 1. The maximum Gasteiger partial charge on any atom is 0.311 e. The second kappa shape index (κ2) is 6.83. The van der Waals surface area contributed by atoms with Crippen molar-refractivity contribution < 1.29 is 24.2 Å². The Morgan fingerprint density at radius 1 is 1.27 bits per heavy atom. The Morgan fingerprint density at radius 2 is 2.00 bits per heavy atom. The summed E-state index contributed by atoms with van der Waals surface area (Å²) in [6, 6.07) is -0.447. The summed E-state index contributed by atoms with van der Waals surface area (Å²) in [5.74, 6) is -1.09. The first kappa shape index (κ1) is 19.1. The molecule has 3 saturated heterocycles. The van der Waals surface area contributed by atoms with Crippen LogP contribution in [0.25, 0.3) is 0 Å². The minimum atomic E-state index is -0.896. The van der Waals surface area contributed by atoms with Gasteiger partial charge in [-0.3, -0.25) is 14.4 Å². The molecule has 7 heteroatoms. The molecule has 26 heavy (non-hydrogen) atoms. The first-order valence-electron chi connectivity index (χ1n) is 9.53. The third-order valence-electron chi connectivity index (χ3n) is 5.98. The standard InChI is InChI=1S/C19H30N2O5/c1-18(2,3)9-15(22)21-7-4-5-14(21)16(23)20-10-13-11-26-8-6-19(13,12-20)17(24)25/h13-14H,4-12H2,1-3H3,(H,24,25)/t13-,14?,19+/m0/s1. The predicted molar refractivity (Wildman–Crippen MR) is 94.4 cm³/mol. The minimum absolute atomic E-state index is 0.0150. The molecule has 0 radical (unpaired) electrons. The maximum absolute atomic E-state index is 13.1. The molecule has 3 heterocycles. The molecule has 3 atom stereocenters. The quantitative estimate of drug-likeness (QED) is 0.815. The Balaban J connectivity index is 1.73. The van der Waals surface area contributed by atoms with Crippen molar-refractivity contribution in [2.75, 3.05) is 32.8 Å². The van der Waals surface area contributed by atoms with E-state index in [1.807, 2.05) is 20.8 Å². The van der Waals surface area contributed by atoms with Crippen molar-refractivity contribution in [3.8, 4) is 0 Å². The van der Waals surface area contributed by atoms with Gasteiger partial charge in [-0.2, -0.15) is 0 Å². The Labute approximate surface area is 154 Å². The van der Waals surface area contributed by atoms with Gasteiger partial charge in [-0.15, -0.1) is 0 Å². The Bertz CT molecular complexity index is 599. The fourth-order valence-electron chi connectivity index (χ4n) is 4.56. The summed E-state index contributed by atoms with van der Waals surface area (Å²) in [5.41, 5.74) is -1.02. The topological polar surface area (TPSA) is 87.2 Å². The lowest BCUT2D eigenvalue weighted by Crippen LogP contribution is -2.49. The van der Waals surface area contributed by atoms with Gasteiger partial charge in [0.25, 0.3) is 0 Å². The predicted octanol–water partition coefficient (Wildman–Crippen LogP) is 1.36. The van der Waals surface area contributed by atoms with Crippen LogP contribution in [0.5, 0.6) is 0 Å².